The minimum atomic E-state index is -0.289. The van der Waals surface area contributed by atoms with Gasteiger partial charge in [0.2, 0.25) is 0 Å². The van der Waals surface area contributed by atoms with E-state index in [1.54, 1.807) is 7.11 Å². The van der Waals surface area contributed by atoms with E-state index in [0.29, 0.717) is 0 Å². The molecule has 0 saturated carbocycles. The van der Waals surface area contributed by atoms with E-state index >= 15 is 0 Å². The summed E-state index contributed by atoms with van der Waals surface area (Å²) in [4.78, 5) is 2.17. The first-order valence-corrected chi connectivity index (χ1v) is 6.43. The quantitative estimate of drug-likeness (QED) is 0.873. The number of likely N-dealkylation sites (N-methyl/N-ethyl adjacent to an activating group) is 1. The minimum Gasteiger partial charge on any atom is -0.496 e. The standard InChI is InChI=1S/C15H26N2O/c1-7-11-10-12(8-9-13(11)18-6)14(17(4)5)15(2,3)16/h8-10,14H,7,16H2,1-6H3. The number of rotatable bonds is 5. The molecule has 1 rings (SSSR count). The first-order valence-electron chi connectivity index (χ1n) is 6.43. The van der Waals surface area contributed by atoms with Crippen LogP contribution in [0.15, 0.2) is 18.2 Å². The third-order valence-electron chi connectivity index (χ3n) is 3.22. The SMILES string of the molecule is CCc1cc(C(N(C)C)C(C)(C)N)ccc1OC. The van der Waals surface area contributed by atoms with Crippen molar-refractivity contribution in [2.24, 2.45) is 5.73 Å². The van der Waals surface area contributed by atoms with Crippen LogP contribution in [0, 0.1) is 0 Å². The lowest BCUT2D eigenvalue weighted by molar-refractivity contribution is 0.204. The Bertz CT molecular complexity index is 394. The van der Waals surface area contributed by atoms with Gasteiger partial charge in [-0.25, -0.2) is 0 Å². The summed E-state index contributed by atoms with van der Waals surface area (Å²) in [6.07, 6.45) is 0.960. The molecule has 2 N–H and O–H groups in total. The largest absolute Gasteiger partial charge is 0.496 e. The van der Waals surface area contributed by atoms with E-state index in [4.69, 9.17) is 10.5 Å². The lowest BCUT2D eigenvalue weighted by Crippen LogP contribution is -2.45. The molecule has 0 radical (unpaired) electrons. The van der Waals surface area contributed by atoms with Crippen molar-refractivity contribution in [1.82, 2.24) is 4.90 Å². The van der Waals surface area contributed by atoms with E-state index < -0.39 is 0 Å². The fraction of sp³-hybridized carbons (Fsp3) is 0.600. The molecule has 1 aromatic carbocycles. The van der Waals surface area contributed by atoms with Crippen LogP contribution in [0.2, 0.25) is 0 Å². The number of nitrogens with two attached hydrogens (primary N) is 1. The first kappa shape index (κ1) is 15.0. The molecule has 18 heavy (non-hydrogen) atoms. The Kier molecular flexibility index (Phi) is 4.77. The van der Waals surface area contributed by atoms with E-state index in [-0.39, 0.29) is 11.6 Å². The van der Waals surface area contributed by atoms with E-state index in [9.17, 15) is 0 Å². The molecule has 0 saturated heterocycles. The van der Waals surface area contributed by atoms with Crippen LogP contribution in [0.3, 0.4) is 0 Å². The Morgan fingerprint density at radius 3 is 2.33 bits per heavy atom. The molecule has 1 aromatic rings. The van der Waals surface area contributed by atoms with Crippen molar-refractivity contribution in [1.29, 1.82) is 0 Å². The molecule has 0 aromatic heterocycles. The van der Waals surface area contributed by atoms with Gasteiger partial charge >= 0.3 is 0 Å². The summed E-state index contributed by atoms with van der Waals surface area (Å²) in [6, 6.07) is 6.54. The van der Waals surface area contributed by atoms with Crippen LogP contribution >= 0.6 is 0 Å². The van der Waals surface area contributed by atoms with E-state index in [0.717, 1.165) is 12.2 Å². The highest BCUT2D eigenvalue weighted by Gasteiger charge is 2.29. The molecule has 0 bridgehead atoms. The Labute approximate surface area is 111 Å². The van der Waals surface area contributed by atoms with Crippen molar-refractivity contribution in [3.05, 3.63) is 29.3 Å². The van der Waals surface area contributed by atoms with Gasteiger partial charge in [0.15, 0.2) is 0 Å². The molecule has 3 heteroatoms. The average Bonchev–Trinajstić information content (AvgIpc) is 2.26. The number of aryl methyl sites for hydroxylation is 1. The molecule has 0 fully saturated rings. The highest BCUT2D eigenvalue weighted by Crippen LogP contribution is 2.31. The van der Waals surface area contributed by atoms with Gasteiger partial charge in [0.1, 0.15) is 5.75 Å². The number of nitrogens with zero attached hydrogens (tertiary/aromatic N) is 1. The average molecular weight is 250 g/mol. The van der Waals surface area contributed by atoms with Crippen LogP contribution in [0.4, 0.5) is 0 Å². The van der Waals surface area contributed by atoms with Gasteiger partial charge in [-0.2, -0.15) is 0 Å². The predicted molar refractivity (Wildman–Crippen MR) is 77.1 cm³/mol. The summed E-state index contributed by atoms with van der Waals surface area (Å²) in [5, 5.41) is 0. The first-order chi connectivity index (χ1) is 8.31. The predicted octanol–water partition coefficient (Wildman–Crippen LogP) is 2.60. The molecule has 0 heterocycles. The molecule has 1 unspecified atom stereocenters. The summed E-state index contributed by atoms with van der Waals surface area (Å²) in [5.41, 5.74) is 8.48. The molecular formula is C15H26N2O. The van der Waals surface area contributed by atoms with Gasteiger partial charge < -0.3 is 15.4 Å². The van der Waals surface area contributed by atoms with Gasteiger partial charge in [0.05, 0.1) is 13.2 Å². The summed E-state index contributed by atoms with van der Waals surface area (Å²) in [6.45, 7) is 6.26. The molecule has 0 spiro atoms. The zero-order valence-electron chi connectivity index (χ0n) is 12.4. The number of hydrogen-bond acceptors (Lipinski definition) is 3. The lowest BCUT2D eigenvalue weighted by Gasteiger charge is -2.36. The Morgan fingerprint density at radius 2 is 1.94 bits per heavy atom. The maximum absolute atomic E-state index is 6.30. The molecule has 0 aliphatic heterocycles. The van der Waals surface area contributed by atoms with Gasteiger partial charge in [0.25, 0.3) is 0 Å². The maximum atomic E-state index is 6.30. The molecule has 0 aliphatic carbocycles. The van der Waals surface area contributed by atoms with Gasteiger partial charge in [-0.1, -0.05) is 19.1 Å². The zero-order chi connectivity index (χ0) is 13.9. The molecule has 102 valence electrons. The zero-order valence-corrected chi connectivity index (χ0v) is 12.4. The summed E-state index contributed by atoms with van der Waals surface area (Å²) in [5.74, 6) is 0.952. The van der Waals surface area contributed by atoms with Gasteiger partial charge in [0, 0.05) is 5.54 Å². The second-order valence-corrected chi connectivity index (χ2v) is 5.61. The van der Waals surface area contributed by atoms with Crippen LogP contribution in [0.1, 0.15) is 37.9 Å². The van der Waals surface area contributed by atoms with Crippen molar-refractivity contribution in [2.75, 3.05) is 21.2 Å². The second-order valence-electron chi connectivity index (χ2n) is 5.61. The normalized spacial score (nSPS) is 13.8. The van der Waals surface area contributed by atoms with Crippen LogP contribution in [0.25, 0.3) is 0 Å². The topological polar surface area (TPSA) is 38.5 Å². The van der Waals surface area contributed by atoms with Gasteiger partial charge in [-0.05, 0) is 51.6 Å². The molecule has 0 aliphatic rings. The fourth-order valence-corrected chi connectivity index (χ4v) is 2.64. The molecular weight excluding hydrogens is 224 g/mol. The molecule has 3 nitrogen and oxygen atoms in total. The molecule has 0 amide bonds. The second kappa shape index (κ2) is 5.72. The van der Waals surface area contributed by atoms with Crippen LogP contribution in [-0.2, 0) is 6.42 Å². The van der Waals surface area contributed by atoms with Crippen molar-refractivity contribution < 1.29 is 4.74 Å². The van der Waals surface area contributed by atoms with Crippen LogP contribution in [-0.4, -0.2) is 31.6 Å². The molecule has 1 atom stereocenters. The van der Waals surface area contributed by atoms with E-state index in [1.165, 1.54) is 11.1 Å². The monoisotopic (exact) mass is 250 g/mol. The maximum Gasteiger partial charge on any atom is 0.122 e. The van der Waals surface area contributed by atoms with E-state index in [1.807, 2.05) is 6.07 Å². The Morgan fingerprint density at radius 1 is 1.33 bits per heavy atom. The highest BCUT2D eigenvalue weighted by molar-refractivity contribution is 5.39. The third-order valence-corrected chi connectivity index (χ3v) is 3.22. The van der Waals surface area contributed by atoms with Crippen molar-refractivity contribution >= 4 is 0 Å². The number of methoxy groups -OCH3 is 1. The summed E-state index contributed by atoms with van der Waals surface area (Å²) in [7, 11) is 5.84. The minimum absolute atomic E-state index is 0.189. The summed E-state index contributed by atoms with van der Waals surface area (Å²) >= 11 is 0. The fourth-order valence-electron chi connectivity index (χ4n) is 2.64. The lowest BCUT2D eigenvalue weighted by atomic mass is 9.87. The van der Waals surface area contributed by atoms with Crippen LogP contribution < -0.4 is 10.5 Å². The van der Waals surface area contributed by atoms with Crippen molar-refractivity contribution in [3.8, 4) is 5.75 Å². The Hall–Kier alpha value is -1.06. The van der Waals surface area contributed by atoms with E-state index in [2.05, 4.69) is 51.9 Å². The number of hydrogen-bond donors (Lipinski definition) is 1. The van der Waals surface area contributed by atoms with Crippen molar-refractivity contribution in [2.45, 2.75) is 38.8 Å². The number of benzene rings is 1. The van der Waals surface area contributed by atoms with Gasteiger partial charge in [-0.3, -0.25) is 0 Å². The van der Waals surface area contributed by atoms with Crippen LogP contribution in [0.5, 0.6) is 5.75 Å². The smallest absolute Gasteiger partial charge is 0.122 e. The van der Waals surface area contributed by atoms with Crippen molar-refractivity contribution in [3.63, 3.8) is 0 Å². The summed E-state index contributed by atoms with van der Waals surface area (Å²) < 4.78 is 5.37. The van der Waals surface area contributed by atoms with Gasteiger partial charge in [-0.15, -0.1) is 0 Å². The Balaban J connectivity index is 3.22. The number of ether oxygens (including phenoxy) is 1. The highest BCUT2D eigenvalue weighted by atomic mass is 16.5. The third kappa shape index (κ3) is 3.24.